The fraction of sp³-hybridized carbons (Fsp3) is 0.250. The van der Waals surface area contributed by atoms with Gasteiger partial charge >= 0.3 is 0 Å². The number of hydrogen-bond acceptors (Lipinski definition) is 4. The molecule has 0 amide bonds. The summed E-state index contributed by atoms with van der Waals surface area (Å²) in [6, 6.07) is 11.2. The maximum Gasteiger partial charge on any atom is 0.286 e. The predicted molar refractivity (Wildman–Crippen MR) is 107 cm³/mol. The topological polar surface area (TPSA) is 96.0 Å². The molecule has 2 aromatic carbocycles. The highest BCUT2D eigenvalue weighted by molar-refractivity contribution is 7.90. The number of benzene rings is 2. The molecule has 3 N–H and O–H groups in total. The van der Waals surface area contributed by atoms with E-state index in [9.17, 15) is 17.9 Å². The molecule has 1 heterocycles. The first-order chi connectivity index (χ1) is 13.2. The number of nitrogens with two attached hydrogens (primary N) is 1. The van der Waals surface area contributed by atoms with Gasteiger partial charge < -0.3 is 15.7 Å². The van der Waals surface area contributed by atoms with E-state index >= 15 is 0 Å². The summed E-state index contributed by atoms with van der Waals surface area (Å²) in [5.74, 6) is -1.17. The maximum absolute atomic E-state index is 14.5. The van der Waals surface area contributed by atoms with Crippen LogP contribution in [0.3, 0.4) is 0 Å². The van der Waals surface area contributed by atoms with Crippen LogP contribution >= 0.6 is 0 Å². The highest BCUT2D eigenvalue weighted by atomic mass is 32.2. The minimum Gasteiger partial charge on any atom is -0.388 e. The molecular formula is C20H22FN3O3S. The van der Waals surface area contributed by atoms with Crippen LogP contribution in [0.25, 0.3) is 0 Å². The Morgan fingerprint density at radius 3 is 2.68 bits per heavy atom. The van der Waals surface area contributed by atoms with Crippen LogP contribution in [0.15, 0.2) is 64.0 Å². The van der Waals surface area contributed by atoms with Gasteiger partial charge in [-0.25, -0.2) is 4.39 Å². The summed E-state index contributed by atoms with van der Waals surface area (Å²) >= 11 is 0. The number of hydrogen-bond donors (Lipinski definition) is 2. The molecule has 28 heavy (non-hydrogen) atoms. The monoisotopic (exact) mass is 403 g/mol. The fourth-order valence-corrected chi connectivity index (χ4v) is 4.26. The third-order valence-electron chi connectivity index (χ3n) is 4.59. The lowest BCUT2D eigenvalue weighted by Gasteiger charge is -2.19. The smallest absolute Gasteiger partial charge is 0.286 e. The molecule has 0 radical (unpaired) electrons. The lowest BCUT2D eigenvalue weighted by molar-refractivity contribution is 0.186. The van der Waals surface area contributed by atoms with Gasteiger partial charge in [-0.2, -0.15) is 8.42 Å². The zero-order chi connectivity index (χ0) is 20.5. The molecule has 1 atom stereocenters. The SMILES string of the molecule is C=C(C)N1CCc2cc(F)c(S(=O)(=O)N=C(N)CC(O)c3ccccc3)cc21. The quantitative estimate of drug-likeness (QED) is 0.571. The zero-order valence-electron chi connectivity index (χ0n) is 15.5. The number of halogens is 1. The number of nitrogens with zero attached hydrogens (tertiary/aromatic N) is 2. The number of allylic oxidation sites excluding steroid dienone is 1. The van der Waals surface area contributed by atoms with Gasteiger partial charge in [-0.05, 0) is 36.6 Å². The highest BCUT2D eigenvalue weighted by Crippen LogP contribution is 2.34. The largest absolute Gasteiger partial charge is 0.388 e. The van der Waals surface area contributed by atoms with E-state index < -0.39 is 26.8 Å². The van der Waals surface area contributed by atoms with Crippen LogP contribution in [0.4, 0.5) is 10.1 Å². The average molecular weight is 403 g/mol. The summed E-state index contributed by atoms with van der Waals surface area (Å²) in [5, 5.41) is 10.2. The normalized spacial score (nSPS) is 15.4. The number of anilines is 1. The summed E-state index contributed by atoms with van der Waals surface area (Å²) < 4.78 is 43.2. The number of amidine groups is 1. The van der Waals surface area contributed by atoms with Crippen molar-refractivity contribution in [3.05, 3.63) is 71.7 Å². The minimum atomic E-state index is -4.37. The van der Waals surface area contributed by atoms with Gasteiger partial charge in [0.25, 0.3) is 10.0 Å². The van der Waals surface area contributed by atoms with Crippen molar-refractivity contribution in [1.82, 2.24) is 0 Å². The molecule has 0 aromatic heterocycles. The first-order valence-corrected chi connectivity index (χ1v) is 10.2. The summed E-state index contributed by atoms with van der Waals surface area (Å²) in [6.07, 6.45) is -0.592. The molecule has 6 nitrogen and oxygen atoms in total. The number of aliphatic hydroxyl groups is 1. The summed E-state index contributed by atoms with van der Waals surface area (Å²) in [5.41, 5.74) is 8.38. The fourth-order valence-electron chi connectivity index (χ4n) is 3.21. The Morgan fingerprint density at radius 1 is 1.36 bits per heavy atom. The standard InChI is InChI=1S/C20H22FN3O3S/c1-13(2)24-9-8-15-10-16(21)19(11-17(15)24)28(26,27)23-20(22)12-18(25)14-6-4-3-5-7-14/h3-7,10-11,18,25H,1,8-9,12H2,2H3,(H2,22,23). The van der Waals surface area contributed by atoms with Crippen LogP contribution < -0.4 is 10.6 Å². The zero-order valence-corrected chi connectivity index (χ0v) is 16.3. The van der Waals surface area contributed by atoms with Gasteiger partial charge in [-0.1, -0.05) is 36.9 Å². The molecule has 0 bridgehead atoms. The van der Waals surface area contributed by atoms with E-state index in [1.165, 1.54) is 12.1 Å². The van der Waals surface area contributed by atoms with Gasteiger partial charge in [-0.15, -0.1) is 4.40 Å². The van der Waals surface area contributed by atoms with Crippen molar-refractivity contribution in [2.24, 2.45) is 10.1 Å². The van der Waals surface area contributed by atoms with Crippen molar-refractivity contribution < 1.29 is 17.9 Å². The Bertz CT molecular complexity index is 1040. The first-order valence-electron chi connectivity index (χ1n) is 8.77. The van der Waals surface area contributed by atoms with E-state index in [-0.39, 0.29) is 12.3 Å². The molecule has 0 fully saturated rings. The van der Waals surface area contributed by atoms with Crippen LogP contribution in [0.5, 0.6) is 0 Å². The van der Waals surface area contributed by atoms with Gasteiger partial charge in [0.2, 0.25) is 0 Å². The van der Waals surface area contributed by atoms with Crippen molar-refractivity contribution in [1.29, 1.82) is 0 Å². The molecule has 148 valence electrons. The number of aliphatic hydroxyl groups excluding tert-OH is 1. The number of fused-ring (bicyclic) bond motifs is 1. The van der Waals surface area contributed by atoms with E-state index in [1.807, 2.05) is 4.90 Å². The van der Waals surface area contributed by atoms with Crippen LogP contribution in [-0.2, 0) is 16.4 Å². The van der Waals surface area contributed by atoms with Crippen molar-refractivity contribution in [3.63, 3.8) is 0 Å². The Hall–Kier alpha value is -2.71. The maximum atomic E-state index is 14.5. The van der Waals surface area contributed by atoms with E-state index in [2.05, 4.69) is 11.0 Å². The average Bonchev–Trinajstić information content (AvgIpc) is 3.04. The third kappa shape index (κ3) is 4.07. The molecule has 8 heteroatoms. The van der Waals surface area contributed by atoms with Crippen LogP contribution in [0, 0.1) is 5.82 Å². The molecule has 0 aliphatic carbocycles. The van der Waals surface area contributed by atoms with E-state index in [0.29, 0.717) is 24.2 Å². The molecule has 3 rings (SSSR count). The van der Waals surface area contributed by atoms with E-state index in [4.69, 9.17) is 5.73 Å². The van der Waals surface area contributed by atoms with Gasteiger partial charge in [0.15, 0.2) is 0 Å². The Morgan fingerprint density at radius 2 is 2.04 bits per heavy atom. The van der Waals surface area contributed by atoms with E-state index in [0.717, 1.165) is 11.3 Å². The second-order valence-electron chi connectivity index (χ2n) is 6.74. The number of rotatable bonds is 6. The van der Waals surface area contributed by atoms with Crippen LogP contribution in [-0.4, -0.2) is 25.9 Å². The van der Waals surface area contributed by atoms with Gasteiger partial charge in [0.1, 0.15) is 16.5 Å². The van der Waals surface area contributed by atoms with Gasteiger partial charge in [-0.3, -0.25) is 0 Å². The molecular weight excluding hydrogens is 381 g/mol. The molecule has 1 unspecified atom stereocenters. The lowest BCUT2D eigenvalue weighted by atomic mass is 10.1. The van der Waals surface area contributed by atoms with Gasteiger partial charge in [0, 0.05) is 24.4 Å². The van der Waals surface area contributed by atoms with Gasteiger partial charge in [0.05, 0.1) is 6.10 Å². The summed E-state index contributed by atoms with van der Waals surface area (Å²) in [7, 11) is -4.37. The molecule has 2 aromatic rings. The molecule has 0 saturated heterocycles. The Kier molecular flexibility index (Phi) is 5.53. The third-order valence-corrected chi connectivity index (χ3v) is 5.94. The van der Waals surface area contributed by atoms with E-state index in [1.54, 1.807) is 37.3 Å². The van der Waals surface area contributed by atoms with Crippen LogP contribution in [0.1, 0.15) is 30.6 Å². The van der Waals surface area contributed by atoms with Crippen molar-refractivity contribution >= 4 is 21.5 Å². The minimum absolute atomic E-state index is 0.187. The summed E-state index contributed by atoms with van der Waals surface area (Å²) in [4.78, 5) is 1.29. The van der Waals surface area contributed by atoms with Crippen molar-refractivity contribution in [3.8, 4) is 0 Å². The molecule has 0 saturated carbocycles. The Balaban J connectivity index is 1.89. The van der Waals surface area contributed by atoms with Crippen molar-refractivity contribution in [2.75, 3.05) is 11.4 Å². The Labute approximate surface area is 163 Å². The first kappa shape index (κ1) is 20.0. The lowest BCUT2D eigenvalue weighted by Crippen LogP contribution is -2.19. The van der Waals surface area contributed by atoms with Crippen LogP contribution in [0.2, 0.25) is 0 Å². The molecule has 0 spiro atoms. The molecule has 1 aliphatic rings. The predicted octanol–water partition coefficient (Wildman–Crippen LogP) is 2.89. The summed E-state index contributed by atoms with van der Waals surface area (Å²) in [6.45, 7) is 6.28. The molecule has 1 aliphatic heterocycles. The second-order valence-corrected chi connectivity index (χ2v) is 8.31. The number of sulfonamides is 1. The highest BCUT2D eigenvalue weighted by Gasteiger charge is 2.27. The van der Waals surface area contributed by atoms with Crippen molar-refractivity contribution in [2.45, 2.75) is 30.8 Å². The second kappa shape index (κ2) is 7.73.